The summed E-state index contributed by atoms with van der Waals surface area (Å²) in [6, 6.07) is 9.55. The molecule has 4 aromatic rings. The van der Waals surface area contributed by atoms with Gasteiger partial charge in [0.2, 0.25) is 0 Å². The van der Waals surface area contributed by atoms with E-state index in [0.29, 0.717) is 24.5 Å². The van der Waals surface area contributed by atoms with Gasteiger partial charge in [0.15, 0.2) is 17.4 Å². The maximum absolute atomic E-state index is 14.1. The summed E-state index contributed by atoms with van der Waals surface area (Å²) >= 11 is 0. The molecule has 0 saturated carbocycles. The molecule has 5 rings (SSSR count). The van der Waals surface area contributed by atoms with Gasteiger partial charge in [-0.3, -0.25) is 9.99 Å². The minimum Gasteiger partial charge on any atom is -0.359 e. The van der Waals surface area contributed by atoms with Crippen LogP contribution in [0.5, 0.6) is 0 Å². The van der Waals surface area contributed by atoms with Crippen molar-refractivity contribution in [3.05, 3.63) is 77.6 Å². The van der Waals surface area contributed by atoms with Crippen LogP contribution in [-0.2, 0) is 13.1 Å². The van der Waals surface area contributed by atoms with Crippen LogP contribution >= 0.6 is 0 Å². The summed E-state index contributed by atoms with van der Waals surface area (Å²) in [6.45, 7) is 0.817. The number of aromatic amines is 1. The van der Waals surface area contributed by atoms with E-state index in [9.17, 15) is 8.78 Å². The van der Waals surface area contributed by atoms with Gasteiger partial charge >= 0.3 is 0 Å². The van der Waals surface area contributed by atoms with Crippen LogP contribution in [0.1, 0.15) is 17.1 Å². The number of aromatic nitrogens is 4. The van der Waals surface area contributed by atoms with Crippen molar-refractivity contribution < 1.29 is 13.3 Å². The van der Waals surface area contributed by atoms with Gasteiger partial charge in [-0.25, -0.2) is 13.8 Å². The fraction of sp³-hybridized carbons (Fsp3) is 0.100. The molecule has 0 unspecified atom stereocenters. The number of fused-ring (bicyclic) bond motifs is 1. The van der Waals surface area contributed by atoms with Crippen molar-refractivity contribution in [3.8, 4) is 22.6 Å². The fourth-order valence-electron chi connectivity index (χ4n) is 3.15. The zero-order chi connectivity index (χ0) is 19.8. The first-order valence-electron chi connectivity index (χ1n) is 8.85. The standard InChI is InChI=1S/C20H14F2N6O/c21-15-3-1-2-14(19(15)22)20-25-17-9-24-28(11-18(17)26-20)10-13-8-16(27-29-13)12-4-6-23-7-5-12/h1-9H,10-11H2,(H,25,26). The molecule has 0 atom stereocenters. The van der Waals surface area contributed by atoms with Crippen LogP contribution in [0.15, 0.2) is 58.4 Å². The Morgan fingerprint density at radius 1 is 1.14 bits per heavy atom. The maximum atomic E-state index is 14.1. The van der Waals surface area contributed by atoms with Crippen molar-refractivity contribution in [2.24, 2.45) is 5.10 Å². The molecule has 0 radical (unpaired) electrons. The Hall–Kier alpha value is -3.88. The fourth-order valence-corrected chi connectivity index (χ4v) is 3.15. The van der Waals surface area contributed by atoms with E-state index in [1.807, 2.05) is 18.2 Å². The normalized spacial score (nSPS) is 13.0. The lowest BCUT2D eigenvalue weighted by Gasteiger charge is -2.19. The van der Waals surface area contributed by atoms with Crippen LogP contribution in [0.2, 0.25) is 0 Å². The van der Waals surface area contributed by atoms with Gasteiger partial charge in [-0.05, 0) is 24.3 Å². The molecular formula is C20H14F2N6O. The first-order valence-corrected chi connectivity index (χ1v) is 8.85. The second-order valence-electron chi connectivity index (χ2n) is 6.53. The van der Waals surface area contributed by atoms with Crippen molar-refractivity contribution in [3.63, 3.8) is 0 Å². The van der Waals surface area contributed by atoms with Gasteiger partial charge in [-0.1, -0.05) is 11.2 Å². The lowest BCUT2D eigenvalue weighted by atomic mass is 10.2. The molecule has 144 valence electrons. The summed E-state index contributed by atoms with van der Waals surface area (Å²) < 4.78 is 33.0. The largest absolute Gasteiger partial charge is 0.359 e. The van der Waals surface area contributed by atoms with E-state index in [1.165, 1.54) is 12.1 Å². The molecule has 1 N–H and O–H groups in total. The molecule has 0 bridgehead atoms. The first-order chi connectivity index (χ1) is 14.2. The Labute approximate surface area is 163 Å². The van der Waals surface area contributed by atoms with Crippen LogP contribution < -0.4 is 0 Å². The van der Waals surface area contributed by atoms with Crippen LogP contribution in [0, 0.1) is 11.6 Å². The highest BCUT2D eigenvalue weighted by molar-refractivity contribution is 5.80. The number of hydrazone groups is 1. The Morgan fingerprint density at radius 2 is 2.00 bits per heavy atom. The molecule has 29 heavy (non-hydrogen) atoms. The van der Waals surface area contributed by atoms with E-state index in [-0.39, 0.29) is 11.4 Å². The highest BCUT2D eigenvalue weighted by Crippen LogP contribution is 2.26. The Kier molecular flexibility index (Phi) is 4.12. The van der Waals surface area contributed by atoms with Crippen molar-refractivity contribution in [1.29, 1.82) is 0 Å². The number of pyridine rings is 1. The lowest BCUT2D eigenvalue weighted by Crippen LogP contribution is -2.21. The monoisotopic (exact) mass is 392 g/mol. The average molecular weight is 392 g/mol. The molecule has 4 heterocycles. The van der Waals surface area contributed by atoms with Crippen LogP contribution in [0.25, 0.3) is 22.6 Å². The third kappa shape index (κ3) is 3.27. The molecule has 7 nitrogen and oxygen atoms in total. The summed E-state index contributed by atoms with van der Waals surface area (Å²) in [6.07, 6.45) is 4.96. The number of imidazole rings is 1. The Bertz CT molecular complexity index is 1200. The Balaban J connectivity index is 1.34. The van der Waals surface area contributed by atoms with Crippen molar-refractivity contribution in [2.45, 2.75) is 13.1 Å². The van der Waals surface area contributed by atoms with E-state index in [0.717, 1.165) is 23.0 Å². The highest BCUT2D eigenvalue weighted by atomic mass is 19.2. The molecule has 1 aliphatic rings. The number of nitrogens with zero attached hydrogens (tertiary/aromatic N) is 5. The number of hydrogen-bond donors (Lipinski definition) is 1. The topological polar surface area (TPSA) is 83.2 Å². The molecule has 0 aliphatic carbocycles. The van der Waals surface area contributed by atoms with Crippen LogP contribution in [0.4, 0.5) is 8.78 Å². The van der Waals surface area contributed by atoms with Gasteiger partial charge in [0, 0.05) is 24.0 Å². The first kappa shape index (κ1) is 17.2. The minimum atomic E-state index is -0.933. The Morgan fingerprint density at radius 3 is 2.86 bits per heavy atom. The van der Waals surface area contributed by atoms with Gasteiger partial charge in [-0.2, -0.15) is 5.10 Å². The van der Waals surface area contributed by atoms with E-state index in [1.54, 1.807) is 23.6 Å². The van der Waals surface area contributed by atoms with Crippen LogP contribution in [0.3, 0.4) is 0 Å². The highest BCUT2D eigenvalue weighted by Gasteiger charge is 2.21. The molecule has 0 amide bonds. The van der Waals surface area contributed by atoms with Crippen LogP contribution in [-0.4, -0.2) is 31.3 Å². The predicted octanol–water partition coefficient (Wildman–Crippen LogP) is 3.75. The second-order valence-corrected chi connectivity index (χ2v) is 6.53. The number of halogens is 2. The molecular weight excluding hydrogens is 378 g/mol. The zero-order valence-electron chi connectivity index (χ0n) is 15.0. The van der Waals surface area contributed by atoms with Gasteiger partial charge in [0.05, 0.1) is 30.6 Å². The van der Waals surface area contributed by atoms with E-state index in [4.69, 9.17) is 4.52 Å². The summed E-state index contributed by atoms with van der Waals surface area (Å²) in [7, 11) is 0. The molecule has 1 aromatic carbocycles. The molecule has 0 spiro atoms. The number of H-pyrrole nitrogens is 1. The van der Waals surface area contributed by atoms with Gasteiger partial charge in [-0.15, -0.1) is 0 Å². The molecule has 9 heteroatoms. The molecule has 0 saturated heterocycles. The smallest absolute Gasteiger partial charge is 0.169 e. The summed E-state index contributed by atoms with van der Waals surface area (Å²) in [5.41, 5.74) is 3.06. The van der Waals surface area contributed by atoms with Gasteiger partial charge in [0.25, 0.3) is 0 Å². The van der Waals surface area contributed by atoms with Gasteiger partial charge in [0.1, 0.15) is 17.2 Å². The van der Waals surface area contributed by atoms with E-state index < -0.39 is 11.6 Å². The third-order valence-corrected chi connectivity index (χ3v) is 4.57. The third-order valence-electron chi connectivity index (χ3n) is 4.57. The number of hydrogen-bond acceptors (Lipinski definition) is 6. The molecule has 0 fully saturated rings. The molecule has 1 aliphatic heterocycles. The quantitative estimate of drug-likeness (QED) is 0.572. The SMILES string of the molecule is Fc1cccc(-c2nc3c([nH]2)CN(Cc2cc(-c4ccncc4)no2)N=C3)c1F. The second kappa shape index (κ2) is 6.93. The number of benzene rings is 1. The molecule has 3 aromatic heterocycles. The van der Waals surface area contributed by atoms with E-state index >= 15 is 0 Å². The minimum absolute atomic E-state index is 0.0802. The maximum Gasteiger partial charge on any atom is 0.169 e. The number of nitrogens with one attached hydrogen (secondary N) is 1. The number of rotatable bonds is 4. The summed E-state index contributed by atoms with van der Waals surface area (Å²) in [4.78, 5) is 11.4. The predicted molar refractivity (Wildman–Crippen MR) is 101 cm³/mol. The van der Waals surface area contributed by atoms with E-state index in [2.05, 4.69) is 25.2 Å². The van der Waals surface area contributed by atoms with Crippen molar-refractivity contribution in [2.75, 3.05) is 0 Å². The van der Waals surface area contributed by atoms with Gasteiger partial charge < -0.3 is 9.51 Å². The summed E-state index contributed by atoms with van der Waals surface area (Å²) in [5.74, 6) is -0.937. The lowest BCUT2D eigenvalue weighted by molar-refractivity contribution is 0.229. The van der Waals surface area contributed by atoms with Crippen molar-refractivity contribution in [1.82, 2.24) is 25.1 Å². The zero-order valence-corrected chi connectivity index (χ0v) is 15.0. The van der Waals surface area contributed by atoms with Crippen molar-refractivity contribution >= 4 is 6.21 Å². The average Bonchev–Trinajstić information content (AvgIpc) is 3.37. The summed E-state index contributed by atoms with van der Waals surface area (Å²) in [5, 5.41) is 10.2.